The van der Waals surface area contributed by atoms with Crippen molar-refractivity contribution in [2.45, 2.75) is 19.8 Å². The van der Waals surface area contributed by atoms with E-state index in [1.54, 1.807) is 6.92 Å². The van der Waals surface area contributed by atoms with Crippen LogP contribution in [0.2, 0.25) is 0 Å². The Hall–Kier alpha value is -1.96. The lowest BCUT2D eigenvalue weighted by atomic mass is 10.1. The number of hydrogen-bond acceptors (Lipinski definition) is 5. The van der Waals surface area contributed by atoms with E-state index in [2.05, 4.69) is 10.5 Å². The first kappa shape index (κ1) is 16.4. The molecular formula is C14H17FN2O4S. The van der Waals surface area contributed by atoms with Crippen LogP contribution in [0.25, 0.3) is 0 Å². The molecule has 8 heteroatoms. The first-order valence-corrected chi connectivity index (χ1v) is 8.70. The molecule has 0 aliphatic carbocycles. The number of hydrogen-bond donors (Lipinski definition) is 2. The molecule has 0 spiro atoms. The fourth-order valence-corrected chi connectivity index (χ4v) is 4.03. The minimum Gasteiger partial charge on any atom is -0.507 e. The number of sulfone groups is 1. The molecule has 0 bridgehead atoms. The number of carbonyl (C=O) groups is 1. The summed E-state index contributed by atoms with van der Waals surface area (Å²) in [6.07, 6.45) is 0.636. The average molecular weight is 328 g/mol. The highest BCUT2D eigenvalue weighted by atomic mass is 32.2. The van der Waals surface area contributed by atoms with Crippen molar-refractivity contribution in [2.24, 2.45) is 11.0 Å². The van der Waals surface area contributed by atoms with Crippen LogP contribution in [0.1, 0.15) is 25.3 Å². The lowest BCUT2D eigenvalue weighted by Gasteiger charge is -2.09. The molecule has 2 rings (SSSR count). The van der Waals surface area contributed by atoms with E-state index in [0.717, 1.165) is 12.1 Å². The molecule has 0 radical (unpaired) electrons. The third kappa shape index (κ3) is 3.82. The van der Waals surface area contributed by atoms with Gasteiger partial charge in [0.2, 0.25) is 5.91 Å². The van der Waals surface area contributed by atoms with Gasteiger partial charge in [0.05, 0.1) is 23.1 Å². The van der Waals surface area contributed by atoms with Gasteiger partial charge in [0.25, 0.3) is 0 Å². The molecule has 1 fully saturated rings. The number of hydrazone groups is 1. The number of phenols is 1. The molecule has 22 heavy (non-hydrogen) atoms. The second kappa shape index (κ2) is 6.43. The van der Waals surface area contributed by atoms with Crippen LogP contribution in [0, 0.1) is 11.7 Å². The van der Waals surface area contributed by atoms with E-state index in [1.807, 2.05) is 0 Å². The quantitative estimate of drug-likeness (QED) is 0.641. The normalized spacial score (nSPS) is 20.8. The van der Waals surface area contributed by atoms with Gasteiger partial charge in [0.1, 0.15) is 11.6 Å². The number of halogens is 1. The van der Waals surface area contributed by atoms with Gasteiger partial charge < -0.3 is 5.11 Å². The van der Waals surface area contributed by atoms with Crippen LogP contribution in [0.5, 0.6) is 5.75 Å². The van der Waals surface area contributed by atoms with Crippen molar-refractivity contribution < 1.29 is 22.7 Å². The summed E-state index contributed by atoms with van der Waals surface area (Å²) in [6, 6.07) is 3.46. The second-order valence-corrected chi connectivity index (χ2v) is 7.38. The van der Waals surface area contributed by atoms with Gasteiger partial charge in [-0.05, 0) is 31.0 Å². The van der Waals surface area contributed by atoms with Gasteiger partial charge >= 0.3 is 0 Å². The summed E-state index contributed by atoms with van der Waals surface area (Å²) in [5, 5.41) is 13.6. The fraction of sp³-hybridized carbons (Fsp3) is 0.429. The molecule has 0 saturated carbocycles. The van der Waals surface area contributed by atoms with Crippen LogP contribution < -0.4 is 5.43 Å². The zero-order valence-corrected chi connectivity index (χ0v) is 12.9. The third-order valence-corrected chi connectivity index (χ3v) is 5.28. The Bertz CT molecular complexity index is 716. The molecule has 0 aromatic heterocycles. The van der Waals surface area contributed by atoms with Crippen LogP contribution in [0.3, 0.4) is 0 Å². The summed E-state index contributed by atoms with van der Waals surface area (Å²) >= 11 is 0. The first-order valence-electron chi connectivity index (χ1n) is 6.88. The average Bonchev–Trinajstić information content (AvgIpc) is 2.83. The van der Waals surface area contributed by atoms with Gasteiger partial charge in [0, 0.05) is 5.56 Å². The van der Waals surface area contributed by atoms with Gasteiger partial charge in [-0.3, -0.25) is 4.79 Å². The van der Waals surface area contributed by atoms with Crippen molar-refractivity contribution in [1.82, 2.24) is 5.43 Å². The lowest BCUT2D eigenvalue weighted by molar-refractivity contribution is -0.124. The van der Waals surface area contributed by atoms with Gasteiger partial charge in [-0.15, -0.1) is 0 Å². The Morgan fingerprint density at radius 2 is 2.23 bits per heavy atom. The largest absolute Gasteiger partial charge is 0.507 e. The minimum atomic E-state index is -3.15. The van der Waals surface area contributed by atoms with Crippen molar-refractivity contribution in [3.8, 4) is 5.75 Å². The van der Waals surface area contributed by atoms with E-state index in [4.69, 9.17) is 0 Å². The van der Waals surface area contributed by atoms with Crippen LogP contribution in [-0.4, -0.2) is 36.6 Å². The summed E-state index contributed by atoms with van der Waals surface area (Å²) in [5.41, 5.74) is 2.82. The van der Waals surface area contributed by atoms with Gasteiger partial charge in [-0.25, -0.2) is 18.2 Å². The van der Waals surface area contributed by atoms with E-state index in [-0.39, 0.29) is 29.2 Å². The summed E-state index contributed by atoms with van der Waals surface area (Å²) in [6.45, 7) is 1.75. The zero-order valence-electron chi connectivity index (χ0n) is 12.0. The van der Waals surface area contributed by atoms with Crippen molar-refractivity contribution >= 4 is 21.5 Å². The van der Waals surface area contributed by atoms with Crippen molar-refractivity contribution in [1.29, 1.82) is 0 Å². The molecule has 1 saturated heterocycles. The number of nitrogens with one attached hydrogen (secondary N) is 1. The molecule has 1 amide bonds. The Balaban J connectivity index is 2.13. The molecule has 1 aliphatic heterocycles. The molecule has 1 aliphatic rings. The van der Waals surface area contributed by atoms with E-state index in [9.17, 15) is 22.7 Å². The van der Waals surface area contributed by atoms with Crippen LogP contribution in [0.4, 0.5) is 4.39 Å². The monoisotopic (exact) mass is 328 g/mol. The fourth-order valence-electron chi connectivity index (χ4n) is 2.28. The number of amides is 1. The smallest absolute Gasteiger partial charge is 0.244 e. The SMILES string of the molecule is CC/C(=N\NC(=O)[C@@H]1CCS(=O)(=O)C1)c1cc(F)ccc1O. The van der Waals surface area contributed by atoms with E-state index >= 15 is 0 Å². The van der Waals surface area contributed by atoms with Crippen molar-refractivity contribution in [3.63, 3.8) is 0 Å². The third-order valence-electron chi connectivity index (χ3n) is 3.51. The molecule has 120 valence electrons. The Kier molecular flexibility index (Phi) is 4.80. The summed E-state index contributed by atoms with van der Waals surface area (Å²) in [7, 11) is -3.15. The number of nitrogens with zero attached hydrogens (tertiary/aromatic N) is 1. The predicted molar refractivity (Wildman–Crippen MR) is 79.8 cm³/mol. The number of carbonyl (C=O) groups excluding carboxylic acids is 1. The predicted octanol–water partition coefficient (Wildman–Crippen LogP) is 1.20. The van der Waals surface area contributed by atoms with E-state index in [0.29, 0.717) is 12.1 Å². The number of benzene rings is 1. The highest BCUT2D eigenvalue weighted by Gasteiger charge is 2.32. The minimum absolute atomic E-state index is 0.000120. The van der Waals surface area contributed by atoms with E-state index in [1.165, 1.54) is 6.07 Å². The standard InChI is InChI=1S/C14H17FN2O4S/c1-2-12(11-7-10(15)3-4-13(11)18)16-17-14(19)9-5-6-22(20,21)8-9/h3-4,7,9,18H,2,5-6,8H2,1H3,(H,17,19)/b16-12+/t9-/m1/s1. The maximum absolute atomic E-state index is 13.3. The van der Waals surface area contributed by atoms with Crippen LogP contribution >= 0.6 is 0 Å². The molecule has 1 atom stereocenters. The number of rotatable bonds is 4. The maximum atomic E-state index is 13.3. The maximum Gasteiger partial charge on any atom is 0.244 e. The highest BCUT2D eigenvalue weighted by molar-refractivity contribution is 7.91. The molecule has 0 unspecified atom stereocenters. The molecule has 1 heterocycles. The van der Waals surface area contributed by atoms with Crippen LogP contribution in [-0.2, 0) is 14.6 Å². The van der Waals surface area contributed by atoms with Gasteiger partial charge in [-0.2, -0.15) is 5.10 Å². The molecule has 6 nitrogen and oxygen atoms in total. The first-order chi connectivity index (χ1) is 10.3. The molecule has 2 N–H and O–H groups in total. The summed E-state index contributed by atoms with van der Waals surface area (Å²) in [5.74, 6) is -1.95. The Morgan fingerprint density at radius 3 is 2.82 bits per heavy atom. The summed E-state index contributed by atoms with van der Waals surface area (Å²) in [4.78, 5) is 11.9. The summed E-state index contributed by atoms with van der Waals surface area (Å²) < 4.78 is 36.0. The highest BCUT2D eigenvalue weighted by Crippen LogP contribution is 2.21. The topological polar surface area (TPSA) is 95.8 Å². The Labute approximate surface area is 128 Å². The van der Waals surface area contributed by atoms with E-state index < -0.39 is 27.5 Å². The van der Waals surface area contributed by atoms with Crippen molar-refractivity contribution in [3.05, 3.63) is 29.6 Å². The number of aromatic hydroxyl groups is 1. The van der Waals surface area contributed by atoms with Gasteiger partial charge in [-0.1, -0.05) is 6.92 Å². The van der Waals surface area contributed by atoms with Crippen LogP contribution in [0.15, 0.2) is 23.3 Å². The second-order valence-electron chi connectivity index (χ2n) is 5.15. The van der Waals surface area contributed by atoms with Crippen molar-refractivity contribution in [2.75, 3.05) is 11.5 Å². The molecule has 1 aromatic carbocycles. The molecule has 1 aromatic rings. The lowest BCUT2D eigenvalue weighted by Crippen LogP contribution is -2.28. The Morgan fingerprint density at radius 1 is 1.50 bits per heavy atom. The molecular weight excluding hydrogens is 311 g/mol. The van der Waals surface area contributed by atoms with Gasteiger partial charge in [0.15, 0.2) is 9.84 Å². The number of phenolic OH excluding ortho intramolecular Hbond substituents is 1. The zero-order chi connectivity index (χ0) is 16.3.